The molecule has 0 aromatic rings. The second-order valence-electron chi connectivity index (χ2n) is 4.93. The normalized spacial score (nSPS) is 16.2. The van der Waals surface area contributed by atoms with Gasteiger partial charge in [-0.2, -0.15) is 12.6 Å². The summed E-state index contributed by atoms with van der Waals surface area (Å²) in [6.45, 7) is 1.05. The zero-order valence-electron chi connectivity index (χ0n) is 11.1. The summed E-state index contributed by atoms with van der Waals surface area (Å²) < 4.78 is 4.83. The van der Waals surface area contributed by atoms with Crippen molar-refractivity contribution in [2.75, 3.05) is 39.6 Å². The maximum Gasteiger partial charge on any atom is 0.239 e. The highest BCUT2D eigenvalue weighted by molar-refractivity contribution is 7.80. The SMILES string of the molecule is COCCNC(=O)CN(C)C(=O)CC1(CS)CC1. The lowest BCUT2D eigenvalue weighted by Crippen LogP contribution is -2.40. The van der Waals surface area contributed by atoms with Crippen LogP contribution in [0.15, 0.2) is 0 Å². The Balaban J connectivity index is 2.24. The summed E-state index contributed by atoms with van der Waals surface area (Å²) in [6.07, 6.45) is 2.63. The van der Waals surface area contributed by atoms with Gasteiger partial charge in [0.05, 0.1) is 13.2 Å². The van der Waals surface area contributed by atoms with E-state index in [1.54, 1.807) is 14.2 Å². The molecule has 1 fully saturated rings. The lowest BCUT2D eigenvalue weighted by Gasteiger charge is -2.19. The van der Waals surface area contributed by atoms with Gasteiger partial charge < -0.3 is 15.0 Å². The Kier molecular flexibility index (Phi) is 5.95. The van der Waals surface area contributed by atoms with Gasteiger partial charge in [0.2, 0.25) is 11.8 Å². The van der Waals surface area contributed by atoms with E-state index >= 15 is 0 Å². The number of likely N-dealkylation sites (N-methyl/N-ethyl adjacent to an activating group) is 1. The first kappa shape index (κ1) is 15.3. The highest BCUT2D eigenvalue weighted by atomic mass is 32.1. The number of nitrogens with zero attached hydrogens (tertiary/aromatic N) is 1. The molecule has 0 unspecified atom stereocenters. The van der Waals surface area contributed by atoms with E-state index in [9.17, 15) is 9.59 Å². The lowest BCUT2D eigenvalue weighted by molar-refractivity contribution is -0.135. The van der Waals surface area contributed by atoms with Crippen LogP contribution in [0.5, 0.6) is 0 Å². The summed E-state index contributed by atoms with van der Waals surface area (Å²) >= 11 is 4.27. The Morgan fingerprint density at radius 2 is 2.11 bits per heavy atom. The molecular weight excluding hydrogens is 252 g/mol. The second kappa shape index (κ2) is 6.99. The summed E-state index contributed by atoms with van der Waals surface area (Å²) in [5.41, 5.74) is 0.0982. The second-order valence-corrected chi connectivity index (χ2v) is 5.24. The fourth-order valence-electron chi connectivity index (χ4n) is 1.68. The highest BCUT2D eigenvalue weighted by Gasteiger charge is 2.43. The van der Waals surface area contributed by atoms with E-state index in [1.165, 1.54) is 4.90 Å². The van der Waals surface area contributed by atoms with Gasteiger partial charge in [0.15, 0.2) is 0 Å². The van der Waals surface area contributed by atoms with Gasteiger partial charge in [0, 0.05) is 27.1 Å². The first-order valence-corrected chi connectivity index (χ1v) is 6.77. The number of hydrogen-bond donors (Lipinski definition) is 2. The molecule has 0 heterocycles. The average Bonchev–Trinajstić information content (AvgIpc) is 3.09. The van der Waals surface area contributed by atoms with Gasteiger partial charge in [0.1, 0.15) is 0 Å². The van der Waals surface area contributed by atoms with Crippen LogP contribution in [0.1, 0.15) is 19.3 Å². The zero-order chi connectivity index (χ0) is 13.6. The molecule has 5 nitrogen and oxygen atoms in total. The van der Waals surface area contributed by atoms with Gasteiger partial charge >= 0.3 is 0 Å². The molecule has 0 saturated heterocycles. The van der Waals surface area contributed by atoms with Crippen molar-refractivity contribution in [3.05, 3.63) is 0 Å². The smallest absolute Gasteiger partial charge is 0.239 e. The number of hydrogen-bond acceptors (Lipinski definition) is 4. The Labute approximate surface area is 114 Å². The molecule has 1 N–H and O–H groups in total. The van der Waals surface area contributed by atoms with Gasteiger partial charge in [-0.3, -0.25) is 9.59 Å². The van der Waals surface area contributed by atoms with Crippen LogP contribution in [-0.2, 0) is 14.3 Å². The molecular formula is C12H22N2O3S. The van der Waals surface area contributed by atoms with Crippen molar-refractivity contribution in [2.24, 2.45) is 5.41 Å². The van der Waals surface area contributed by atoms with Crippen molar-refractivity contribution in [1.82, 2.24) is 10.2 Å². The fourth-order valence-corrected chi connectivity index (χ4v) is 2.10. The van der Waals surface area contributed by atoms with Crippen molar-refractivity contribution in [3.63, 3.8) is 0 Å². The number of nitrogens with one attached hydrogen (secondary N) is 1. The van der Waals surface area contributed by atoms with E-state index in [-0.39, 0.29) is 23.8 Å². The minimum Gasteiger partial charge on any atom is -0.383 e. The first-order valence-electron chi connectivity index (χ1n) is 6.13. The number of methoxy groups -OCH3 is 1. The lowest BCUT2D eigenvalue weighted by atomic mass is 10.0. The van der Waals surface area contributed by atoms with Gasteiger partial charge in [-0.1, -0.05) is 0 Å². The van der Waals surface area contributed by atoms with Crippen LogP contribution < -0.4 is 5.32 Å². The molecule has 104 valence electrons. The number of carbonyl (C=O) groups is 2. The van der Waals surface area contributed by atoms with E-state index in [0.29, 0.717) is 19.6 Å². The molecule has 1 rings (SSSR count). The molecule has 0 bridgehead atoms. The topological polar surface area (TPSA) is 58.6 Å². The van der Waals surface area contributed by atoms with Gasteiger partial charge in [-0.15, -0.1) is 0 Å². The minimum atomic E-state index is -0.154. The maximum absolute atomic E-state index is 11.9. The number of amides is 2. The molecule has 0 spiro atoms. The summed E-state index contributed by atoms with van der Waals surface area (Å²) in [5, 5.41) is 2.69. The van der Waals surface area contributed by atoms with E-state index in [4.69, 9.17) is 4.74 Å². The summed E-state index contributed by atoms with van der Waals surface area (Å²) in [5.74, 6) is 0.606. The van der Waals surface area contributed by atoms with Crippen LogP contribution in [-0.4, -0.2) is 56.3 Å². The van der Waals surface area contributed by atoms with Gasteiger partial charge in [0.25, 0.3) is 0 Å². The van der Waals surface area contributed by atoms with Crippen molar-refractivity contribution in [3.8, 4) is 0 Å². The predicted molar refractivity (Wildman–Crippen MR) is 72.7 cm³/mol. The monoisotopic (exact) mass is 274 g/mol. The zero-order valence-corrected chi connectivity index (χ0v) is 12.0. The number of thiol groups is 1. The Morgan fingerprint density at radius 3 is 2.61 bits per heavy atom. The molecule has 0 aliphatic heterocycles. The van der Waals surface area contributed by atoms with Crippen LogP contribution in [0.2, 0.25) is 0 Å². The molecule has 18 heavy (non-hydrogen) atoms. The third-order valence-corrected chi connectivity index (χ3v) is 3.92. The van der Waals surface area contributed by atoms with Crippen molar-refractivity contribution < 1.29 is 14.3 Å². The molecule has 0 aromatic heterocycles. The Morgan fingerprint density at radius 1 is 1.44 bits per heavy atom. The Hall–Kier alpha value is -0.750. The van der Waals surface area contributed by atoms with Crippen molar-refractivity contribution in [1.29, 1.82) is 0 Å². The van der Waals surface area contributed by atoms with E-state index < -0.39 is 0 Å². The van der Waals surface area contributed by atoms with Crippen LogP contribution in [0.4, 0.5) is 0 Å². The molecule has 6 heteroatoms. The summed E-state index contributed by atoms with van der Waals surface area (Å²) in [7, 11) is 3.24. The molecule has 0 radical (unpaired) electrons. The standard InChI is InChI=1S/C12H22N2O3S/c1-14(8-10(15)13-5-6-17-2)11(16)7-12(9-18)3-4-12/h18H,3-9H2,1-2H3,(H,13,15). The third-order valence-electron chi connectivity index (χ3n) is 3.25. The molecule has 0 atom stereocenters. The molecule has 2 amide bonds. The first-order chi connectivity index (χ1) is 8.53. The van der Waals surface area contributed by atoms with E-state index in [0.717, 1.165) is 18.6 Å². The molecule has 1 aliphatic carbocycles. The fraction of sp³-hybridized carbons (Fsp3) is 0.833. The quantitative estimate of drug-likeness (QED) is 0.495. The van der Waals surface area contributed by atoms with Gasteiger partial charge in [-0.25, -0.2) is 0 Å². The highest BCUT2D eigenvalue weighted by Crippen LogP contribution is 2.49. The Bertz CT molecular complexity index is 306. The number of rotatable bonds is 8. The van der Waals surface area contributed by atoms with E-state index in [1.807, 2.05) is 0 Å². The number of ether oxygens (including phenoxy) is 1. The van der Waals surface area contributed by atoms with Crippen LogP contribution in [0.25, 0.3) is 0 Å². The van der Waals surface area contributed by atoms with Crippen LogP contribution >= 0.6 is 12.6 Å². The molecule has 1 saturated carbocycles. The van der Waals surface area contributed by atoms with E-state index in [2.05, 4.69) is 17.9 Å². The van der Waals surface area contributed by atoms with Crippen LogP contribution in [0, 0.1) is 5.41 Å². The average molecular weight is 274 g/mol. The largest absolute Gasteiger partial charge is 0.383 e. The summed E-state index contributed by atoms with van der Waals surface area (Å²) in [6, 6.07) is 0. The van der Waals surface area contributed by atoms with Crippen LogP contribution in [0.3, 0.4) is 0 Å². The number of carbonyl (C=O) groups excluding carboxylic acids is 2. The summed E-state index contributed by atoms with van der Waals surface area (Å²) in [4.78, 5) is 24.9. The van der Waals surface area contributed by atoms with Gasteiger partial charge in [-0.05, 0) is 24.0 Å². The predicted octanol–water partition coefficient (Wildman–Crippen LogP) is 0.308. The molecule has 0 aromatic carbocycles. The van der Waals surface area contributed by atoms with Crippen molar-refractivity contribution >= 4 is 24.4 Å². The minimum absolute atomic E-state index is 0.0171. The third kappa shape index (κ3) is 4.86. The maximum atomic E-state index is 11.9. The van der Waals surface area contributed by atoms with Crippen molar-refractivity contribution in [2.45, 2.75) is 19.3 Å². The molecule has 1 aliphatic rings.